The number of methoxy groups -OCH3 is 3. The van der Waals surface area contributed by atoms with Crippen molar-refractivity contribution >= 4 is 5.69 Å². The van der Waals surface area contributed by atoms with Gasteiger partial charge in [-0.3, -0.25) is 0 Å². The van der Waals surface area contributed by atoms with Gasteiger partial charge in [-0.1, -0.05) is 12.1 Å². The normalized spacial score (nSPS) is 10.2. The number of nitrogens with one attached hydrogen (secondary N) is 1. The SMILES string of the molecule is COCc1cccc(NCc2c(OC)ncnc2OC)c1. The van der Waals surface area contributed by atoms with Gasteiger partial charge in [0.1, 0.15) is 6.33 Å². The van der Waals surface area contributed by atoms with Gasteiger partial charge in [-0.05, 0) is 17.7 Å². The molecule has 1 N–H and O–H groups in total. The first kappa shape index (κ1) is 15.1. The highest BCUT2D eigenvalue weighted by Crippen LogP contribution is 2.24. The predicted molar refractivity (Wildman–Crippen MR) is 79.6 cm³/mol. The third kappa shape index (κ3) is 3.82. The number of nitrogens with zero attached hydrogens (tertiary/aromatic N) is 2. The van der Waals surface area contributed by atoms with Crippen LogP contribution in [0.5, 0.6) is 11.8 Å². The van der Waals surface area contributed by atoms with E-state index in [2.05, 4.69) is 15.3 Å². The van der Waals surface area contributed by atoms with E-state index in [1.54, 1.807) is 21.3 Å². The Morgan fingerprint density at radius 1 is 1.05 bits per heavy atom. The van der Waals surface area contributed by atoms with Crippen LogP contribution in [0.2, 0.25) is 0 Å². The Kier molecular flexibility index (Phi) is 5.34. The van der Waals surface area contributed by atoms with Crippen molar-refractivity contribution in [1.82, 2.24) is 9.97 Å². The Morgan fingerprint density at radius 3 is 2.38 bits per heavy atom. The molecule has 0 unspecified atom stereocenters. The zero-order valence-corrected chi connectivity index (χ0v) is 12.4. The molecule has 21 heavy (non-hydrogen) atoms. The molecule has 0 amide bonds. The van der Waals surface area contributed by atoms with Crippen molar-refractivity contribution in [2.45, 2.75) is 13.2 Å². The molecule has 6 heteroatoms. The molecule has 0 bridgehead atoms. The summed E-state index contributed by atoms with van der Waals surface area (Å²) in [6.07, 6.45) is 1.42. The average molecular weight is 289 g/mol. The van der Waals surface area contributed by atoms with Crippen LogP contribution < -0.4 is 14.8 Å². The molecule has 0 fully saturated rings. The predicted octanol–water partition coefficient (Wildman–Crippen LogP) is 2.25. The molecule has 6 nitrogen and oxygen atoms in total. The summed E-state index contributed by atoms with van der Waals surface area (Å²) in [4.78, 5) is 8.18. The molecule has 0 aliphatic carbocycles. The Labute approximate surface area is 124 Å². The van der Waals surface area contributed by atoms with Crippen LogP contribution >= 0.6 is 0 Å². The first-order valence-electron chi connectivity index (χ1n) is 6.52. The van der Waals surface area contributed by atoms with E-state index >= 15 is 0 Å². The smallest absolute Gasteiger partial charge is 0.225 e. The summed E-state index contributed by atoms with van der Waals surface area (Å²) >= 11 is 0. The van der Waals surface area contributed by atoms with Crippen LogP contribution in [0.15, 0.2) is 30.6 Å². The Balaban J connectivity index is 2.14. The molecule has 0 aliphatic heterocycles. The Morgan fingerprint density at radius 2 is 1.76 bits per heavy atom. The van der Waals surface area contributed by atoms with Gasteiger partial charge in [0.25, 0.3) is 0 Å². The molecule has 1 heterocycles. The van der Waals surface area contributed by atoms with Gasteiger partial charge < -0.3 is 19.5 Å². The van der Waals surface area contributed by atoms with Crippen molar-refractivity contribution in [2.24, 2.45) is 0 Å². The maximum Gasteiger partial charge on any atom is 0.225 e. The van der Waals surface area contributed by atoms with Gasteiger partial charge in [-0.2, -0.15) is 0 Å². The fraction of sp³-hybridized carbons (Fsp3) is 0.333. The molecule has 2 rings (SSSR count). The lowest BCUT2D eigenvalue weighted by molar-refractivity contribution is 0.185. The molecule has 0 saturated carbocycles. The molecule has 112 valence electrons. The van der Waals surface area contributed by atoms with E-state index in [1.807, 2.05) is 24.3 Å². The number of hydrogen-bond donors (Lipinski definition) is 1. The van der Waals surface area contributed by atoms with E-state index in [0.29, 0.717) is 24.9 Å². The van der Waals surface area contributed by atoms with Gasteiger partial charge in [0.15, 0.2) is 0 Å². The van der Waals surface area contributed by atoms with Crippen LogP contribution in [0.1, 0.15) is 11.1 Å². The minimum absolute atomic E-state index is 0.502. The molecule has 0 spiro atoms. The third-order valence-corrected chi connectivity index (χ3v) is 2.96. The fourth-order valence-electron chi connectivity index (χ4n) is 2.01. The molecular formula is C15H19N3O3. The number of rotatable bonds is 7. The summed E-state index contributed by atoms with van der Waals surface area (Å²) in [6, 6.07) is 8.02. The summed E-state index contributed by atoms with van der Waals surface area (Å²) in [5.41, 5.74) is 2.86. The summed E-state index contributed by atoms with van der Waals surface area (Å²) in [5.74, 6) is 1.00. The van der Waals surface area contributed by atoms with Crippen molar-refractivity contribution in [3.05, 3.63) is 41.7 Å². The van der Waals surface area contributed by atoms with Gasteiger partial charge in [0.2, 0.25) is 11.8 Å². The van der Waals surface area contributed by atoms with Crippen molar-refractivity contribution in [3.63, 3.8) is 0 Å². The van der Waals surface area contributed by atoms with Gasteiger partial charge >= 0.3 is 0 Å². The first-order valence-corrected chi connectivity index (χ1v) is 6.52. The summed E-state index contributed by atoms with van der Waals surface area (Å²) < 4.78 is 15.6. The van der Waals surface area contributed by atoms with E-state index in [9.17, 15) is 0 Å². The molecule has 0 saturated heterocycles. The van der Waals surface area contributed by atoms with Gasteiger partial charge in [-0.25, -0.2) is 9.97 Å². The van der Waals surface area contributed by atoms with Crippen molar-refractivity contribution in [1.29, 1.82) is 0 Å². The highest BCUT2D eigenvalue weighted by atomic mass is 16.5. The zero-order chi connectivity index (χ0) is 15.1. The van der Waals surface area contributed by atoms with Crippen LogP contribution in [0, 0.1) is 0 Å². The summed E-state index contributed by atoms with van der Waals surface area (Å²) in [5, 5.41) is 3.31. The lowest BCUT2D eigenvalue weighted by Crippen LogP contribution is -2.07. The van der Waals surface area contributed by atoms with Gasteiger partial charge in [-0.15, -0.1) is 0 Å². The second kappa shape index (κ2) is 7.44. The highest BCUT2D eigenvalue weighted by Gasteiger charge is 2.12. The summed E-state index contributed by atoms with van der Waals surface area (Å²) in [6.45, 7) is 1.08. The Bertz CT molecular complexity index is 568. The van der Waals surface area contributed by atoms with Gasteiger partial charge in [0, 0.05) is 12.8 Å². The monoisotopic (exact) mass is 289 g/mol. The highest BCUT2D eigenvalue weighted by molar-refractivity contribution is 5.47. The zero-order valence-electron chi connectivity index (χ0n) is 12.4. The maximum absolute atomic E-state index is 5.25. The second-order valence-corrected chi connectivity index (χ2v) is 4.36. The van der Waals surface area contributed by atoms with E-state index in [-0.39, 0.29) is 0 Å². The molecule has 1 aromatic carbocycles. The van der Waals surface area contributed by atoms with Crippen LogP contribution in [0.25, 0.3) is 0 Å². The minimum Gasteiger partial charge on any atom is -0.481 e. The third-order valence-electron chi connectivity index (χ3n) is 2.96. The topological polar surface area (TPSA) is 65.5 Å². The number of ether oxygens (including phenoxy) is 3. The van der Waals surface area contributed by atoms with Crippen LogP contribution in [-0.2, 0) is 17.9 Å². The molecule has 0 radical (unpaired) electrons. The van der Waals surface area contributed by atoms with Crippen molar-refractivity contribution in [2.75, 3.05) is 26.6 Å². The number of benzene rings is 1. The number of hydrogen-bond acceptors (Lipinski definition) is 6. The molecule has 0 aliphatic rings. The van der Waals surface area contributed by atoms with Crippen molar-refractivity contribution in [3.8, 4) is 11.8 Å². The van der Waals surface area contributed by atoms with E-state index < -0.39 is 0 Å². The van der Waals surface area contributed by atoms with E-state index in [4.69, 9.17) is 14.2 Å². The number of anilines is 1. The standard InChI is InChI=1S/C15H19N3O3/c1-19-9-11-5-4-6-12(7-11)16-8-13-14(20-2)17-10-18-15(13)21-3/h4-7,10,16H,8-9H2,1-3H3. The van der Waals surface area contributed by atoms with Crippen molar-refractivity contribution < 1.29 is 14.2 Å². The van der Waals surface area contributed by atoms with Crippen LogP contribution in [-0.4, -0.2) is 31.3 Å². The maximum atomic E-state index is 5.25. The Hall–Kier alpha value is -2.34. The molecule has 2 aromatic rings. The second-order valence-electron chi connectivity index (χ2n) is 4.36. The molecule has 1 aromatic heterocycles. The van der Waals surface area contributed by atoms with Crippen LogP contribution in [0.4, 0.5) is 5.69 Å². The minimum atomic E-state index is 0.502. The number of aromatic nitrogens is 2. The quantitative estimate of drug-likeness (QED) is 0.843. The fourth-order valence-corrected chi connectivity index (χ4v) is 2.01. The first-order chi connectivity index (χ1) is 10.3. The molecular weight excluding hydrogens is 270 g/mol. The van der Waals surface area contributed by atoms with Crippen LogP contribution in [0.3, 0.4) is 0 Å². The van der Waals surface area contributed by atoms with Gasteiger partial charge in [0.05, 0.1) is 32.9 Å². The largest absolute Gasteiger partial charge is 0.481 e. The average Bonchev–Trinajstić information content (AvgIpc) is 2.53. The van der Waals surface area contributed by atoms with E-state index in [0.717, 1.165) is 16.8 Å². The molecule has 0 atom stereocenters. The lowest BCUT2D eigenvalue weighted by atomic mass is 10.2. The lowest BCUT2D eigenvalue weighted by Gasteiger charge is -2.13. The summed E-state index contributed by atoms with van der Waals surface area (Å²) in [7, 11) is 4.83. The van der Waals surface area contributed by atoms with E-state index in [1.165, 1.54) is 6.33 Å².